The molecule has 1 amide bonds. The average Bonchev–Trinajstić information content (AvgIpc) is 3.11. The van der Waals surface area contributed by atoms with Crippen molar-refractivity contribution in [3.05, 3.63) is 53.7 Å². The monoisotopic (exact) mass is 348 g/mol. The van der Waals surface area contributed by atoms with E-state index in [4.69, 9.17) is 14.3 Å². The van der Waals surface area contributed by atoms with Gasteiger partial charge in [-0.3, -0.25) is 9.69 Å². The number of hydrogen-bond donors (Lipinski definition) is 1. The molecule has 1 aliphatic heterocycles. The van der Waals surface area contributed by atoms with Crippen molar-refractivity contribution in [2.45, 2.75) is 6.61 Å². The van der Waals surface area contributed by atoms with E-state index >= 15 is 0 Å². The number of ether oxygens (including phenoxy) is 1. The molecule has 1 fully saturated rings. The Hall–Kier alpha value is -2.38. The second-order valence-electron chi connectivity index (χ2n) is 5.87. The van der Waals surface area contributed by atoms with Gasteiger partial charge in [-0.2, -0.15) is 0 Å². The molecule has 2 aromatic rings. The number of amides is 1. The summed E-state index contributed by atoms with van der Waals surface area (Å²) in [5.74, 6) is 0.889. The predicted octanol–water partition coefficient (Wildman–Crippen LogP) is 1.75. The highest BCUT2D eigenvalue weighted by molar-refractivity contribution is 5.91. The van der Waals surface area contributed by atoms with Crippen molar-refractivity contribution in [1.82, 2.24) is 9.80 Å². The number of carbonyl (C=O) groups excluding carboxylic acids is 1. The Morgan fingerprint density at radius 2 is 1.84 bits per heavy atom. The molecular weight excluding hydrogens is 327 g/mol. The van der Waals surface area contributed by atoms with Crippen molar-refractivity contribution in [2.75, 3.05) is 39.3 Å². The maximum absolute atomic E-state index is 12.9. The molecule has 7 heteroatoms. The second kappa shape index (κ2) is 8.13. The normalized spacial score (nSPS) is 15.4. The lowest BCUT2D eigenvalue weighted by Gasteiger charge is -2.33. The summed E-state index contributed by atoms with van der Waals surface area (Å²) in [6, 6.07) is 9.07. The minimum absolute atomic E-state index is 0.129. The fourth-order valence-electron chi connectivity index (χ4n) is 2.73. The highest BCUT2D eigenvalue weighted by Gasteiger charge is 2.24. The Morgan fingerprint density at radius 3 is 2.52 bits per heavy atom. The first-order valence-corrected chi connectivity index (χ1v) is 8.25. The van der Waals surface area contributed by atoms with Gasteiger partial charge in [0.2, 0.25) is 0 Å². The molecule has 3 rings (SSSR count). The van der Waals surface area contributed by atoms with Gasteiger partial charge in [-0.15, -0.1) is 0 Å². The number of furan rings is 1. The van der Waals surface area contributed by atoms with Gasteiger partial charge in [0.15, 0.2) is 5.76 Å². The largest absolute Gasteiger partial charge is 0.486 e. The van der Waals surface area contributed by atoms with Crippen molar-refractivity contribution < 1.29 is 23.4 Å². The summed E-state index contributed by atoms with van der Waals surface area (Å²) in [6.45, 7) is 3.64. The number of benzene rings is 1. The third-order valence-electron chi connectivity index (χ3n) is 4.14. The topological polar surface area (TPSA) is 66.2 Å². The van der Waals surface area contributed by atoms with E-state index in [1.165, 1.54) is 24.3 Å². The average molecular weight is 348 g/mol. The zero-order valence-corrected chi connectivity index (χ0v) is 13.9. The summed E-state index contributed by atoms with van der Waals surface area (Å²) >= 11 is 0. The van der Waals surface area contributed by atoms with Crippen LogP contribution in [0.2, 0.25) is 0 Å². The van der Waals surface area contributed by atoms with Crippen molar-refractivity contribution in [1.29, 1.82) is 0 Å². The van der Waals surface area contributed by atoms with Crippen molar-refractivity contribution in [3.8, 4) is 5.75 Å². The molecule has 1 aliphatic rings. The van der Waals surface area contributed by atoms with Crippen LogP contribution in [0.15, 0.2) is 40.8 Å². The Kier molecular flexibility index (Phi) is 5.67. The SMILES string of the molecule is O=C(c1ccc(COc2ccc(F)cc2)o1)N1CCN(CCO)CC1. The quantitative estimate of drug-likeness (QED) is 0.862. The smallest absolute Gasteiger partial charge is 0.289 e. The number of aliphatic hydroxyl groups is 1. The van der Waals surface area contributed by atoms with Crippen LogP contribution in [0.4, 0.5) is 4.39 Å². The Balaban J connectivity index is 1.52. The Bertz CT molecular complexity index is 693. The molecule has 0 saturated carbocycles. The molecule has 0 bridgehead atoms. The van der Waals surface area contributed by atoms with Crippen LogP contribution in [0.5, 0.6) is 5.75 Å². The predicted molar refractivity (Wildman–Crippen MR) is 88.9 cm³/mol. The van der Waals surface area contributed by atoms with Crippen molar-refractivity contribution in [2.24, 2.45) is 0 Å². The lowest BCUT2D eigenvalue weighted by Crippen LogP contribution is -2.49. The first-order chi connectivity index (χ1) is 12.2. The summed E-state index contributed by atoms with van der Waals surface area (Å²) in [5.41, 5.74) is 0. The number of carbonyl (C=O) groups is 1. The van der Waals surface area contributed by atoms with Crippen LogP contribution in [-0.2, 0) is 6.61 Å². The van der Waals surface area contributed by atoms with Crippen LogP contribution in [0.1, 0.15) is 16.3 Å². The van der Waals surface area contributed by atoms with Crippen molar-refractivity contribution >= 4 is 5.91 Å². The number of rotatable bonds is 6. The molecule has 1 aromatic carbocycles. The minimum Gasteiger partial charge on any atom is -0.486 e. The zero-order chi connectivity index (χ0) is 17.6. The molecule has 1 N–H and O–H groups in total. The third-order valence-corrected chi connectivity index (χ3v) is 4.14. The Labute approximate surface area is 145 Å². The zero-order valence-electron chi connectivity index (χ0n) is 13.9. The summed E-state index contributed by atoms with van der Waals surface area (Å²) in [7, 11) is 0. The third kappa shape index (κ3) is 4.58. The van der Waals surface area contributed by atoms with Gasteiger partial charge < -0.3 is 19.2 Å². The lowest BCUT2D eigenvalue weighted by atomic mass is 10.3. The highest BCUT2D eigenvalue weighted by Crippen LogP contribution is 2.16. The van der Waals surface area contributed by atoms with E-state index in [1.54, 1.807) is 17.0 Å². The van der Waals surface area contributed by atoms with Crippen LogP contribution < -0.4 is 4.74 Å². The first-order valence-electron chi connectivity index (χ1n) is 8.25. The van der Waals surface area contributed by atoms with E-state index in [1.807, 2.05) is 0 Å². The maximum Gasteiger partial charge on any atom is 0.289 e. The van der Waals surface area contributed by atoms with Gasteiger partial charge in [0.25, 0.3) is 5.91 Å². The van der Waals surface area contributed by atoms with Crippen LogP contribution in [0.3, 0.4) is 0 Å². The molecule has 1 saturated heterocycles. The fourth-order valence-corrected chi connectivity index (χ4v) is 2.73. The first kappa shape index (κ1) is 17.4. The van der Waals surface area contributed by atoms with Gasteiger partial charge >= 0.3 is 0 Å². The highest BCUT2D eigenvalue weighted by atomic mass is 19.1. The molecule has 0 atom stereocenters. The molecule has 0 unspecified atom stereocenters. The summed E-state index contributed by atoms with van der Waals surface area (Å²) in [5, 5.41) is 8.95. The van der Waals surface area contributed by atoms with E-state index in [2.05, 4.69) is 4.90 Å². The maximum atomic E-state index is 12.9. The molecule has 134 valence electrons. The van der Waals surface area contributed by atoms with Gasteiger partial charge in [0.1, 0.15) is 23.9 Å². The summed E-state index contributed by atoms with van der Waals surface area (Å²) in [4.78, 5) is 16.3. The molecule has 25 heavy (non-hydrogen) atoms. The molecule has 1 aromatic heterocycles. The number of halogens is 1. The van der Waals surface area contributed by atoms with E-state index in [-0.39, 0.29) is 30.7 Å². The fraction of sp³-hybridized carbons (Fsp3) is 0.389. The summed E-state index contributed by atoms with van der Waals surface area (Å²) < 4.78 is 23.9. The number of nitrogens with zero attached hydrogens (tertiary/aromatic N) is 2. The molecule has 0 spiro atoms. The standard InChI is InChI=1S/C18H21FN2O4/c19-14-1-3-15(4-2-14)24-13-16-5-6-17(25-16)18(23)21-9-7-20(8-10-21)11-12-22/h1-6,22H,7-13H2. The minimum atomic E-state index is -0.322. The van der Waals surface area contributed by atoms with Crippen LogP contribution >= 0.6 is 0 Å². The summed E-state index contributed by atoms with van der Waals surface area (Å²) in [6.07, 6.45) is 0. The molecule has 6 nitrogen and oxygen atoms in total. The number of β-amino-alcohol motifs (C(OH)–C–C–N with tert-alkyl or cyclic N) is 1. The van der Waals surface area contributed by atoms with Crippen LogP contribution in [-0.4, -0.2) is 60.1 Å². The molecule has 0 aliphatic carbocycles. The van der Waals surface area contributed by atoms with Crippen LogP contribution in [0, 0.1) is 5.82 Å². The molecule has 2 heterocycles. The van der Waals surface area contributed by atoms with E-state index in [0.717, 1.165) is 13.1 Å². The second-order valence-corrected chi connectivity index (χ2v) is 5.87. The van der Waals surface area contributed by atoms with Gasteiger partial charge in [0.05, 0.1) is 6.61 Å². The van der Waals surface area contributed by atoms with E-state index in [0.29, 0.717) is 31.1 Å². The van der Waals surface area contributed by atoms with E-state index < -0.39 is 0 Å². The van der Waals surface area contributed by atoms with Crippen molar-refractivity contribution in [3.63, 3.8) is 0 Å². The van der Waals surface area contributed by atoms with Gasteiger partial charge in [-0.25, -0.2) is 4.39 Å². The lowest BCUT2D eigenvalue weighted by molar-refractivity contribution is 0.0581. The van der Waals surface area contributed by atoms with Gasteiger partial charge in [0, 0.05) is 32.7 Å². The van der Waals surface area contributed by atoms with Gasteiger partial charge in [-0.05, 0) is 36.4 Å². The number of aliphatic hydroxyl groups excluding tert-OH is 1. The van der Waals surface area contributed by atoms with E-state index in [9.17, 15) is 9.18 Å². The molecule has 0 radical (unpaired) electrons. The van der Waals surface area contributed by atoms with Crippen LogP contribution in [0.25, 0.3) is 0 Å². The molecular formula is C18H21FN2O4. The number of piperazine rings is 1. The van der Waals surface area contributed by atoms with Gasteiger partial charge in [-0.1, -0.05) is 0 Å². The number of hydrogen-bond acceptors (Lipinski definition) is 5. The Morgan fingerprint density at radius 1 is 1.12 bits per heavy atom.